The maximum absolute atomic E-state index is 11.6. The van der Waals surface area contributed by atoms with Crippen molar-refractivity contribution in [2.75, 3.05) is 6.54 Å². The summed E-state index contributed by atoms with van der Waals surface area (Å²) in [5.74, 6) is 0.841. The summed E-state index contributed by atoms with van der Waals surface area (Å²) in [6.45, 7) is 0.854. The summed E-state index contributed by atoms with van der Waals surface area (Å²) >= 11 is 3.70. The van der Waals surface area contributed by atoms with Gasteiger partial charge in [-0.3, -0.25) is 4.79 Å². The molecule has 1 fully saturated rings. The Morgan fingerprint density at radius 1 is 1.69 bits per heavy atom. The van der Waals surface area contributed by atoms with E-state index in [1.807, 2.05) is 11.4 Å². The molecule has 1 aliphatic rings. The van der Waals surface area contributed by atoms with Gasteiger partial charge < -0.3 is 5.32 Å². The number of carbonyl (C=O) groups excluding carboxylic acids is 1. The second-order valence-electron chi connectivity index (χ2n) is 3.25. The Bertz CT molecular complexity index is 319. The molecule has 1 saturated carbocycles. The largest absolute Gasteiger partial charge is 0.351 e. The molecule has 0 unspecified atom stereocenters. The summed E-state index contributed by atoms with van der Waals surface area (Å²) in [6.07, 6.45) is 2.56. The monoisotopic (exact) mass is 307 g/mol. The number of carbonyl (C=O) groups is 1. The zero-order valence-corrected chi connectivity index (χ0v) is 10.0. The van der Waals surface area contributed by atoms with Crippen LogP contribution in [0, 0.1) is 9.49 Å². The lowest BCUT2D eigenvalue weighted by Crippen LogP contribution is -2.25. The Hall–Kier alpha value is -0.100. The standard InChI is InChI=1S/C9H10INOS/c10-7-3-4-13-8(7)9(12)11-5-6-1-2-6/h3-4,6H,1-2,5H2,(H,11,12). The maximum Gasteiger partial charge on any atom is 0.262 e. The van der Waals surface area contributed by atoms with Crippen molar-refractivity contribution in [3.05, 3.63) is 19.9 Å². The fraction of sp³-hybridized carbons (Fsp3) is 0.444. The first-order valence-corrected chi connectivity index (χ1v) is 6.24. The second-order valence-corrected chi connectivity index (χ2v) is 5.33. The van der Waals surface area contributed by atoms with Crippen LogP contribution in [0.2, 0.25) is 0 Å². The van der Waals surface area contributed by atoms with E-state index in [9.17, 15) is 4.79 Å². The minimum Gasteiger partial charge on any atom is -0.351 e. The van der Waals surface area contributed by atoms with Gasteiger partial charge in [0.25, 0.3) is 5.91 Å². The Labute approximate surface area is 94.9 Å². The zero-order valence-electron chi connectivity index (χ0n) is 7.05. The molecule has 1 aromatic heterocycles. The van der Waals surface area contributed by atoms with Gasteiger partial charge in [-0.05, 0) is 52.8 Å². The van der Waals surface area contributed by atoms with Crippen LogP contribution in [0.25, 0.3) is 0 Å². The first-order valence-electron chi connectivity index (χ1n) is 4.28. The first-order chi connectivity index (χ1) is 6.27. The topological polar surface area (TPSA) is 29.1 Å². The van der Waals surface area contributed by atoms with E-state index in [2.05, 4.69) is 27.9 Å². The Kier molecular flexibility index (Phi) is 2.88. The molecule has 0 atom stereocenters. The number of hydrogen-bond donors (Lipinski definition) is 1. The van der Waals surface area contributed by atoms with Gasteiger partial charge in [-0.1, -0.05) is 0 Å². The van der Waals surface area contributed by atoms with Crippen molar-refractivity contribution in [2.45, 2.75) is 12.8 Å². The molecule has 70 valence electrons. The summed E-state index contributed by atoms with van der Waals surface area (Å²) in [6, 6.07) is 1.97. The maximum atomic E-state index is 11.6. The van der Waals surface area contributed by atoms with Crippen molar-refractivity contribution < 1.29 is 4.79 Å². The van der Waals surface area contributed by atoms with Gasteiger partial charge in [-0.25, -0.2) is 0 Å². The number of halogens is 1. The fourth-order valence-corrected chi connectivity index (χ4v) is 2.85. The van der Waals surface area contributed by atoms with E-state index in [1.54, 1.807) is 0 Å². The van der Waals surface area contributed by atoms with Gasteiger partial charge in [-0.15, -0.1) is 11.3 Å². The highest BCUT2D eigenvalue weighted by Crippen LogP contribution is 2.28. The molecular formula is C9H10INOS. The molecule has 2 rings (SSSR count). The van der Waals surface area contributed by atoms with Gasteiger partial charge in [0.05, 0.1) is 0 Å². The van der Waals surface area contributed by atoms with E-state index in [1.165, 1.54) is 24.2 Å². The molecule has 4 heteroatoms. The number of thiophene rings is 1. The van der Waals surface area contributed by atoms with Crippen LogP contribution in [0.4, 0.5) is 0 Å². The summed E-state index contributed by atoms with van der Waals surface area (Å²) in [4.78, 5) is 12.4. The van der Waals surface area contributed by atoms with Gasteiger partial charge in [0.1, 0.15) is 4.88 Å². The van der Waals surface area contributed by atoms with Crippen molar-refractivity contribution in [3.8, 4) is 0 Å². The van der Waals surface area contributed by atoms with Crippen LogP contribution >= 0.6 is 33.9 Å². The Morgan fingerprint density at radius 3 is 3.00 bits per heavy atom. The minimum atomic E-state index is 0.0892. The van der Waals surface area contributed by atoms with Crippen LogP contribution in [0.5, 0.6) is 0 Å². The van der Waals surface area contributed by atoms with Gasteiger partial charge in [0.15, 0.2) is 0 Å². The highest BCUT2D eigenvalue weighted by molar-refractivity contribution is 14.1. The van der Waals surface area contributed by atoms with Crippen molar-refractivity contribution in [1.29, 1.82) is 0 Å². The zero-order chi connectivity index (χ0) is 9.26. The molecule has 1 amide bonds. The second kappa shape index (κ2) is 3.96. The van der Waals surface area contributed by atoms with Gasteiger partial charge in [0.2, 0.25) is 0 Å². The molecule has 0 spiro atoms. The molecule has 1 aromatic rings. The normalized spacial score (nSPS) is 15.8. The number of hydrogen-bond acceptors (Lipinski definition) is 2. The number of nitrogens with one attached hydrogen (secondary N) is 1. The lowest BCUT2D eigenvalue weighted by Gasteiger charge is -2.01. The van der Waals surface area contributed by atoms with E-state index in [0.717, 1.165) is 20.9 Å². The van der Waals surface area contributed by atoms with E-state index in [0.29, 0.717) is 0 Å². The molecule has 1 aliphatic carbocycles. The average Bonchev–Trinajstić information content (AvgIpc) is 2.84. The van der Waals surface area contributed by atoms with Crippen molar-refractivity contribution in [3.63, 3.8) is 0 Å². The van der Waals surface area contributed by atoms with Crippen molar-refractivity contribution >= 4 is 39.8 Å². The van der Waals surface area contributed by atoms with E-state index in [4.69, 9.17) is 0 Å². The van der Waals surface area contributed by atoms with E-state index in [-0.39, 0.29) is 5.91 Å². The number of rotatable bonds is 3. The minimum absolute atomic E-state index is 0.0892. The van der Waals surface area contributed by atoms with Gasteiger partial charge >= 0.3 is 0 Å². The first kappa shape index (κ1) is 9.45. The quantitative estimate of drug-likeness (QED) is 0.854. The van der Waals surface area contributed by atoms with Crippen LogP contribution < -0.4 is 5.32 Å². The highest BCUT2D eigenvalue weighted by Gasteiger charge is 2.22. The number of amides is 1. The molecule has 0 aromatic carbocycles. The summed E-state index contributed by atoms with van der Waals surface area (Å²) in [5.41, 5.74) is 0. The van der Waals surface area contributed by atoms with Crippen LogP contribution in [-0.4, -0.2) is 12.5 Å². The molecule has 2 nitrogen and oxygen atoms in total. The van der Waals surface area contributed by atoms with Gasteiger partial charge in [0, 0.05) is 10.1 Å². The highest BCUT2D eigenvalue weighted by atomic mass is 127. The molecule has 0 bridgehead atoms. The summed E-state index contributed by atoms with van der Waals surface area (Å²) in [5, 5.41) is 4.91. The molecule has 1 heterocycles. The fourth-order valence-electron chi connectivity index (χ4n) is 1.10. The van der Waals surface area contributed by atoms with Crippen LogP contribution in [-0.2, 0) is 0 Å². The SMILES string of the molecule is O=C(NCC1CC1)c1sccc1I. The molecule has 13 heavy (non-hydrogen) atoms. The van der Waals surface area contributed by atoms with Crippen LogP contribution in [0.1, 0.15) is 22.5 Å². The molecule has 0 aliphatic heterocycles. The third-order valence-electron chi connectivity index (χ3n) is 2.07. The Morgan fingerprint density at radius 2 is 2.46 bits per heavy atom. The third-order valence-corrected chi connectivity index (χ3v) is 4.25. The molecule has 0 saturated heterocycles. The van der Waals surface area contributed by atoms with Gasteiger partial charge in [-0.2, -0.15) is 0 Å². The van der Waals surface area contributed by atoms with E-state index < -0.39 is 0 Å². The van der Waals surface area contributed by atoms with Crippen molar-refractivity contribution in [1.82, 2.24) is 5.32 Å². The average molecular weight is 307 g/mol. The lowest BCUT2D eigenvalue weighted by molar-refractivity contribution is 0.0955. The molecule has 0 radical (unpaired) electrons. The Balaban J connectivity index is 1.92. The summed E-state index contributed by atoms with van der Waals surface area (Å²) in [7, 11) is 0. The van der Waals surface area contributed by atoms with Crippen molar-refractivity contribution in [2.24, 2.45) is 5.92 Å². The van der Waals surface area contributed by atoms with Crippen LogP contribution in [0.15, 0.2) is 11.4 Å². The third kappa shape index (κ3) is 2.43. The predicted molar refractivity (Wildman–Crippen MR) is 62.1 cm³/mol. The van der Waals surface area contributed by atoms with Crippen LogP contribution in [0.3, 0.4) is 0 Å². The lowest BCUT2D eigenvalue weighted by atomic mass is 10.4. The molecular weight excluding hydrogens is 297 g/mol. The molecule has 1 N–H and O–H groups in total. The summed E-state index contributed by atoms with van der Waals surface area (Å²) < 4.78 is 1.05. The smallest absolute Gasteiger partial charge is 0.262 e. The predicted octanol–water partition coefficient (Wildman–Crippen LogP) is 2.49. The van der Waals surface area contributed by atoms with E-state index >= 15 is 0 Å².